The van der Waals surface area contributed by atoms with Crippen LogP contribution in [-0.4, -0.2) is 21.3 Å². The fourth-order valence-electron chi connectivity index (χ4n) is 2.86. The van der Waals surface area contributed by atoms with Crippen molar-refractivity contribution in [1.82, 2.24) is 9.99 Å². The van der Waals surface area contributed by atoms with E-state index < -0.39 is 17.6 Å². The van der Waals surface area contributed by atoms with Gasteiger partial charge in [0.1, 0.15) is 0 Å². The molecule has 0 saturated heterocycles. The largest absolute Gasteiger partial charge is 0.494 e. The number of aromatic nitrogens is 1. The van der Waals surface area contributed by atoms with Gasteiger partial charge in [-0.3, -0.25) is 9.36 Å². The number of carbonyl (C=O) groups is 1. The summed E-state index contributed by atoms with van der Waals surface area (Å²) in [5, 5.41) is 15.1. The molecule has 0 fully saturated rings. The van der Waals surface area contributed by atoms with E-state index in [0.29, 0.717) is 11.1 Å². The van der Waals surface area contributed by atoms with Gasteiger partial charge in [-0.2, -0.15) is 18.3 Å². The Morgan fingerprint density at radius 1 is 1.11 bits per heavy atom. The topological polar surface area (TPSA) is 66.6 Å². The standard InChI is InChI=1S/C19H16F3N3O2/c1-11(23-24-12(2)26)17-15-9-8-13(19(20,21)22)10-16(15)25(18(17)27)14-6-4-3-5-7-14/h3-10,27H,1-2H3,(H,24,26). The van der Waals surface area contributed by atoms with Crippen molar-refractivity contribution in [2.75, 3.05) is 0 Å². The second kappa shape index (κ2) is 6.79. The van der Waals surface area contributed by atoms with Gasteiger partial charge in [0.2, 0.25) is 11.8 Å². The van der Waals surface area contributed by atoms with Crippen molar-refractivity contribution in [2.24, 2.45) is 5.10 Å². The van der Waals surface area contributed by atoms with E-state index in [2.05, 4.69) is 10.5 Å². The van der Waals surface area contributed by atoms with Gasteiger partial charge >= 0.3 is 6.18 Å². The lowest BCUT2D eigenvalue weighted by molar-refractivity contribution is -0.137. The number of nitrogens with one attached hydrogen (secondary N) is 1. The maximum absolute atomic E-state index is 13.2. The number of rotatable bonds is 3. The van der Waals surface area contributed by atoms with E-state index in [1.165, 1.54) is 17.6 Å². The van der Waals surface area contributed by atoms with Gasteiger partial charge in [0, 0.05) is 18.0 Å². The van der Waals surface area contributed by atoms with E-state index in [1.807, 2.05) is 0 Å². The molecular weight excluding hydrogens is 359 g/mol. The van der Waals surface area contributed by atoms with Crippen LogP contribution in [0.15, 0.2) is 53.6 Å². The average molecular weight is 375 g/mol. The van der Waals surface area contributed by atoms with Gasteiger partial charge in [-0.25, -0.2) is 5.43 Å². The summed E-state index contributed by atoms with van der Waals surface area (Å²) < 4.78 is 40.9. The Hall–Kier alpha value is -3.29. The number of hydrogen-bond acceptors (Lipinski definition) is 3. The SMILES string of the molecule is CC(=O)NN=C(C)c1c(O)n(-c2ccccc2)c2cc(C(F)(F)F)ccc12. The molecule has 8 heteroatoms. The van der Waals surface area contributed by atoms with E-state index >= 15 is 0 Å². The molecule has 0 radical (unpaired) electrons. The zero-order valence-corrected chi connectivity index (χ0v) is 14.5. The molecule has 1 amide bonds. The van der Waals surface area contributed by atoms with Gasteiger partial charge in [-0.05, 0) is 31.2 Å². The molecule has 0 saturated carbocycles. The van der Waals surface area contributed by atoms with Crippen molar-refractivity contribution in [3.05, 3.63) is 59.7 Å². The molecule has 0 aliphatic heterocycles. The minimum Gasteiger partial charge on any atom is -0.494 e. The molecule has 27 heavy (non-hydrogen) atoms. The summed E-state index contributed by atoms with van der Waals surface area (Å²) in [5.74, 6) is -0.665. The van der Waals surface area contributed by atoms with Crippen molar-refractivity contribution in [3.63, 3.8) is 0 Å². The molecule has 1 heterocycles. The number of hydrazone groups is 1. The first-order valence-corrected chi connectivity index (χ1v) is 8.01. The number of carbonyl (C=O) groups excluding carboxylic acids is 1. The number of hydrogen-bond donors (Lipinski definition) is 2. The van der Waals surface area contributed by atoms with Crippen LogP contribution >= 0.6 is 0 Å². The molecule has 5 nitrogen and oxygen atoms in total. The van der Waals surface area contributed by atoms with Gasteiger partial charge in [-0.15, -0.1) is 0 Å². The Balaban J connectivity index is 2.33. The van der Waals surface area contributed by atoms with Gasteiger partial charge in [0.15, 0.2) is 0 Å². The quantitative estimate of drug-likeness (QED) is 0.532. The molecule has 1 aromatic heterocycles. The molecule has 0 atom stereocenters. The number of amides is 1. The van der Waals surface area contributed by atoms with Crippen molar-refractivity contribution in [1.29, 1.82) is 0 Å². The van der Waals surface area contributed by atoms with Gasteiger partial charge < -0.3 is 5.11 Å². The maximum Gasteiger partial charge on any atom is 0.416 e. The highest BCUT2D eigenvalue weighted by molar-refractivity contribution is 6.13. The number of nitrogens with zero attached hydrogens (tertiary/aromatic N) is 2. The third-order valence-corrected chi connectivity index (χ3v) is 4.03. The molecule has 3 rings (SSSR count). The first-order valence-electron chi connectivity index (χ1n) is 8.01. The van der Waals surface area contributed by atoms with Crippen LogP contribution in [0.3, 0.4) is 0 Å². The first-order chi connectivity index (χ1) is 12.7. The van der Waals surface area contributed by atoms with Crippen LogP contribution in [0.1, 0.15) is 25.0 Å². The summed E-state index contributed by atoms with van der Waals surface area (Å²) in [6, 6.07) is 11.8. The van der Waals surface area contributed by atoms with E-state index in [9.17, 15) is 23.1 Å². The number of benzene rings is 2. The molecule has 0 aliphatic rings. The highest BCUT2D eigenvalue weighted by Gasteiger charge is 2.32. The molecular formula is C19H16F3N3O2. The van der Waals surface area contributed by atoms with Crippen molar-refractivity contribution < 1.29 is 23.1 Å². The molecule has 140 valence electrons. The zero-order chi connectivity index (χ0) is 19.8. The van der Waals surface area contributed by atoms with Crippen LogP contribution in [0.4, 0.5) is 13.2 Å². The van der Waals surface area contributed by atoms with E-state index in [4.69, 9.17) is 0 Å². The number of aromatic hydroxyl groups is 1. The summed E-state index contributed by atoms with van der Waals surface area (Å²) >= 11 is 0. The molecule has 3 aromatic rings. The van der Waals surface area contributed by atoms with Crippen molar-refractivity contribution in [3.8, 4) is 11.6 Å². The number of para-hydroxylation sites is 1. The van der Waals surface area contributed by atoms with E-state index in [-0.39, 0.29) is 22.7 Å². The van der Waals surface area contributed by atoms with Crippen LogP contribution in [0, 0.1) is 0 Å². The summed E-state index contributed by atoms with van der Waals surface area (Å²) in [4.78, 5) is 11.1. The van der Waals surface area contributed by atoms with E-state index in [1.54, 1.807) is 37.3 Å². The van der Waals surface area contributed by atoms with Crippen LogP contribution in [-0.2, 0) is 11.0 Å². The highest BCUT2D eigenvalue weighted by Crippen LogP contribution is 2.38. The molecule has 0 unspecified atom stereocenters. The zero-order valence-electron chi connectivity index (χ0n) is 14.5. The number of alkyl halides is 3. The third-order valence-electron chi connectivity index (χ3n) is 4.03. The maximum atomic E-state index is 13.2. The lowest BCUT2D eigenvalue weighted by Crippen LogP contribution is -2.15. The van der Waals surface area contributed by atoms with Crippen LogP contribution in [0.2, 0.25) is 0 Å². The minimum atomic E-state index is -4.52. The summed E-state index contributed by atoms with van der Waals surface area (Å²) in [6.07, 6.45) is -4.52. The molecule has 0 spiro atoms. The fourth-order valence-corrected chi connectivity index (χ4v) is 2.86. The Morgan fingerprint density at radius 2 is 1.78 bits per heavy atom. The Morgan fingerprint density at radius 3 is 2.37 bits per heavy atom. The molecule has 0 bridgehead atoms. The highest BCUT2D eigenvalue weighted by atomic mass is 19.4. The second-order valence-corrected chi connectivity index (χ2v) is 5.96. The predicted octanol–water partition coefficient (Wildman–Crippen LogP) is 4.22. The van der Waals surface area contributed by atoms with Gasteiger partial charge in [0.05, 0.1) is 22.4 Å². The molecule has 2 aromatic carbocycles. The number of halogens is 3. The average Bonchev–Trinajstić information content (AvgIpc) is 2.90. The fraction of sp³-hybridized carbons (Fsp3) is 0.158. The van der Waals surface area contributed by atoms with Crippen LogP contribution in [0.25, 0.3) is 16.6 Å². The first kappa shape index (κ1) is 18.5. The second-order valence-electron chi connectivity index (χ2n) is 5.96. The third kappa shape index (κ3) is 3.51. The Labute approximate surface area is 152 Å². The van der Waals surface area contributed by atoms with Gasteiger partial charge in [-0.1, -0.05) is 24.3 Å². The normalized spacial score (nSPS) is 12.4. The molecule has 2 N–H and O–H groups in total. The summed E-state index contributed by atoms with van der Waals surface area (Å²) in [7, 11) is 0. The number of fused-ring (bicyclic) bond motifs is 1. The monoisotopic (exact) mass is 375 g/mol. The van der Waals surface area contributed by atoms with E-state index in [0.717, 1.165) is 12.1 Å². The van der Waals surface area contributed by atoms with Gasteiger partial charge in [0.25, 0.3) is 0 Å². The molecule has 0 aliphatic carbocycles. The van der Waals surface area contributed by atoms with Crippen LogP contribution in [0.5, 0.6) is 5.88 Å². The minimum absolute atomic E-state index is 0.181. The van der Waals surface area contributed by atoms with Crippen LogP contribution < -0.4 is 5.43 Å². The van der Waals surface area contributed by atoms with Crippen molar-refractivity contribution >= 4 is 22.5 Å². The van der Waals surface area contributed by atoms with Crippen molar-refractivity contribution in [2.45, 2.75) is 20.0 Å². The summed E-state index contributed by atoms with van der Waals surface area (Å²) in [6.45, 7) is 2.83. The summed E-state index contributed by atoms with van der Waals surface area (Å²) in [5.41, 5.74) is 2.63. The Bertz CT molecular complexity index is 1040. The lowest BCUT2D eigenvalue weighted by Gasteiger charge is -2.09. The smallest absolute Gasteiger partial charge is 0.416 e. The lowest BCUT2D eigenvalue weighted by atomic mass is 10.1. The predicted molar refractivity (Wildman–Crippen MR) is 96.0 cm³/mol. The Kier molecular flexibility index (Phi) is 4.65.